The smallest absolute Gasteiger partial charge is 0.480 e. The van der Waals surface area contributed by atoms with E-state index in [-0.39, 0.29) is 22.4 Å². The van der Waals surface area contributed by atoms with Gasteiger partial charge in [-0.1, -0.05) is 63.6 Å². The summed E-state index contributed by atoms with van der Waals surface area (Å²) in [5.74, 6) is 0.974. The Hall–Kier alpha value is -2.04. The summed E-state index contributed by atoms with van der Waals surface area (Å²) < 4.78 is 109. The summed E-state index contributed by atoms with van der Waals surface area (Å²) in [5, 5.41) is 0. The van der Waals surface area contributed by atoms with Crippen molar-refractivity contribution in [1.29, 1.82) is 0 Å². The predicted octanol–water partition coefficient (Wildman–Crippen LogP) is 8.61. The summed E-state index contributed by atoms with van der Waals surface area (Å²) in [6.07, 6.45) is 0. The van der Waals surface area contributed by atoms with Crippen molar-refractivity contribution < 1.29 is 65.6 Å². The molecule has 0 saturated carbocycles. The fraction of sp³-hybridized carbons (Fsp3) is 0.483. The Morgan fingerprint density at radius 2 is 1.16 bits per heavy atom. The summed E-state index contributed by atoms with van der Waals surface area (Å²) in [6.45, 7) is 23.6. The van der Waals surface area contributed by atoms with E-state index in [2.05, 4.69) is 109 Å². The van der Waals surface area contributed by atoms with E-state index < -0.39 is 31.1 Å². The Balaban J connectivity index is 0.000000541. The van der Waals surface area contributed by atoms with Crippen LogP contribution in [0.5, 0.6) is 0 Å². The maximum atomic E-state index is 11.4. The molecular weight excluding hydrogens is 829 g/mol. The Labute approximate surface area is 277 Å². The normalized spacial score (nSPS) is 14.6. The third-order valence-corrected chi connectivity index (χ3v) is 9.84. The quantitative estimate of drug-likeness (QED) is 0.158. The Morgan fingerprint density at radius 1 is 0.756 bits per heavy atom. The van der Waals surface area contributed by atoms with Gasteiger partial charge in [-0.3, -0.25) is 0 Å². The first-order valence-electron chi connectivity index (χ1n) is 13.5. The van der Waals surface area contributed by atoms with Gasteiger partial charge in [0.05, 0.1) is 0 Å². The minimum Gasteiger partial charge on any atom is -0.502 e. The average molecular weight is 867 g/mol. The van der Waals surface area contributed by atoms with E-state index in [9.17, 15) is 43.2 Å². The number of nitrogens with zero attached hydrogens (tertiary/aromatic N) is 3. The van der Waals surface area contributed by atoms with E-state index in [0.717, 1.165) is 10.7 Å². The van der Waals surface area contributed by atoms with E-state index in [1.54, 1.807) is 0 Å². The van der Waals surface area contributed by atoms with Gasteiger partial charge in [0.25, 0.3) is 0 Å². The molecule has 2 aromatic carbocycles. The number of allylic oxidation sites excluding steroid dienone is 2. The molecule has 7 nitrogen and oxygen atoms in total. The second-order valence-corrected chi connectivity index (χ2v) is 14.6. The molecule has 0 fully saturated rings. The van der Waals surface area contributed by atoms with Crippen molar-refractivity contribution in [2.45, 2.75) is 91.7 Å². The van der Waals surface area contributed by atoms with E-state index in [1.807, 2.05) is 0 Å². The van der Waals surface area contributed by atoms with E-state index >= 15 is 0 Å². The summed E-state index contributed by atoms with van der Waals surface area (Å²) in [4.78, 5) is 4.85. The number of aryl methyl sites for hydroxylation is 3. The second kappa shape index (κ2) is 14.8. The molecule has 0 amide bonds. The van der Waals surface area contributed by atoms with Gasteiger partial charge < -0.3 is 13.9 Å². The molecule has 1 heterocycles. The van der Waals surface area contributed by atoms with Crippen LogP contribution in [0.1, 0.15) is 86.8 Å². The summed E-state index contributed by atoms with van der Waals surface area (Å²) in [5.41, 5.74) is -0.0109. The number of benzene rings is 2. The Kier molecular flexibility index (Phi) is 13.5. The maximum Gasteiger partial charge on any atom is 0.480 e. The van der Waals surface area contributed by atoms with Crippen molar-refractivity contribution in [1.82, 2.24) is 4.90 Å². The maximum absolute atomic E-state index is 11.4. The van der Waals surface area contributed by atoms with Crippen molar-refractivity contribution in [2.24, 2.45) is 0 Å². The molecule has 1 aliphatic heterocycles. The van der Waals surface area contributed by atoms with Gasteiger partial charge in [0.15, 0.2) is 20.0 Å². The van der Waals surface area contributed by atoms with Gasteiger partial charge in [-0.05, 0) is 80.0 Å². The standard InChI is InChI=1S/C27H37N2.C2F6NO4S2.Au/c1-17(2)24-11-10-12-25(18(3)4)27(24)29-16-28(22(8)23(29)9)15-26-20(6)13-19(5)14-21(26)7;3-1(4,5)14(10,11)9-15(12,13)2(6,7)8;/h10-14,16-18H,15H2,1-9H3;;/q2*-1;. The van der Waals surface area contributed by atoms with Crippen LogP contribution in [0.3, 0.4) is 0 Å². The number of rotatable bonds is 7. The van der Waals surface area contributed by atoms with Crippen LogP contribution < -0.4 is 4.90 Å². The number of hydrogen-bond acceptors (Lipinski definition) is 6. The minimum absolute atomic E-state index is 0. The molecule has 16 heteroatoms. The van der Waals surface area contributed by atoms with Gasteiger partial charge in [0.1, 0.15) is 0 Å². The first-order chi connectivity index (χ1) is 19.8. The first kappa shape index (κ1) is 41.0. The van der Waals surface area contributed by atoms with Gasteiger partial charge in [-0.25, -0.2) is 16.8 Å². The molecule has 0 atom stereocenters. The number of anilines is 1. The molecule has 1 radical (unpaired) electrons. The van der Waals surface area contributed by atoms with Crippen LogP contribution in [0.4, 0.5) is 32.0 Å². The Morgan fingerprint density at radius 3 is 1.51 bits per heavy atom. The van der Waals surface area contributed by atoms with Crippen molar-refractivity contribution in [3.05, 3.63) is 85.9 Å². The van der Waals surface area contributed by atoms with Crippen molar-refractivity contribution in [3.8, 4) is 0 Å². The van der Waals surface area contributed by atoms with Crippen LogP contribution in [-0.2, 0) is 49.0 Å². The summed E-state index contributed by atoms with van der Waals surface area (Å²) in [6, 6.07) is 11.4. The Bertz CT molecular complexity index is 1530. The molecule has 0 spiro atoms. The van der Waals surface area contributed by atoms with E-state index in [4.69, 9.17) is 0 Å². The number of para-hydroxylation sites is 1. The van der Waals surface area contributed by atoms with Crippen LogP contribution in [0, 0.1) is 27.4 Å². The van der Waals surface area contributed by atoms with Gasteiger partial charge in [-0.2, -0.15) is 33.0 Å². The molecular formula is C29H37AuF6N3O4S2-2. The molecule has 3 rings (SSSR count). The zero-order valence-electron chi connectivity index (χ0n) is 26.2. The second-order valence-electron chi connectivity index (χ2n) is 11.2. The van der Waals surface area contributed by atoms with Crippen LogP contribution in [-0.4, -0.2) is 32.8 Å². The van der Waals surface area contributed by atoms with Crippen molar-refractivity contribution in [2.75, 3.05) is 4.90 Å². The third-order valence-electron chi connectivity index (χ3n) is 7.10. The van der Waals surface area contributed by atoms with Crippen LogP contribution in [0.15, 0.2) is 41.7 Å². The van der Waals surface area contributed by atoms with Crippen molar-refractivity contribution in [3.63, 3.8) is 0 Å². The number of halogens is 6. The van der Waals surface area contributed by atoms with Gasteiger partial charge in [0.2, 0.25) is 0 Å². The fourth-order valence-corrected chi connectivity index (χ4v) is 6.42. The van der Waals surface area contributed by atoms with Gasteiger partial charge >= 0.3 is 11.0 Å². The minimum atomic E-state index is -6.72. The van der Waals surface area contributed by atoms with Crippen molar-refractivity contribution >= 4 is 25.7 Å². The number of alkyl halides is 6. The summed E-state index contributed by atoms with van der Waals surface area (Å²) >= 11 is 0. The number of sulfonamides is 2. The molecule has 1 aliphatic rings. The largest absolute Gasteiger partial charge is 0.502 e. The van der Waals surface area contributed by atoms with Gasteiger partial charge in [-0.15, -0.1) is 0 Å². The summed E-state index contributed by atoms with van der Waals surface area (Å²) in [7, 11) is -13.4. The number of hydrogen-bond donors (Lipinski definition) is 0. The first-order valence-corrected chi connectivity index (χ1v) is 16.3. The molecule has 0 saturated heterocycles. The zero-order chi connectivity index (χ0) is 34.2. The monoisotopic (exact) mass is 866 g/mol. The van der Waals surface area contributed by atoms with E-state index in [1.165, 1.54) is 50.5 Å². The van der Waals surface area contributed by atoms with E-state index in [0.29, 0.717) is 11.8 Å². The molecule has 0 bridgehead atoms. The van der Waals surface area contributed by atoms with Gasteiger partial charge in [0, 0.05) is 40.3 Å². The molecule has 0 aromatic heterocycles. The average Bonchev–Trinajstić information content (AvgIpc) is 3.12. The zero-order valence-corrected chi connectivity index (χ0v) is 30.0. The fourth-order valence-electron chi connectivity index (χ4n) is 4.71. The topological polar surface area (TPSA) is 88.9 Å². The molecule has 0 unspecified atom stereocenters. The molecule has 45 heavy (non-hydrogen) atoms. The third kappa shape index (κ3) is 9.50. The van der Waals surface area contributed by atoms with Crippen LogP contribution in [0.2, 0.25) is 0 Å². The molecule has 0 N–H and O–H groups in total. The molecule has 259 valence electrons. The predicted molar refractivity (Wildman–Crippen MR) is 159 cm³/mol. The SMILES string of the molecule is CC1=C(C)N(c2c(C(C)C)cccc2C(C)C)[CH-]N1Cc1c(C)cc(C)cc1C.O=S(=O)([N-]S(=O)(=O)C(F)(F)F)C(F)(F)F.[Au]. The molecule has 2 aromatic rings. The van der Waals surface area contributed by atoms with Crippen LogP contribution >= 0.6 is 0 Å². The van der Waals surface area contributed by atoms with Crippen LogP contribution in [0.25, 0.3) is 4.13 Å². The molecule has 0 aliphatic carbocycles.